The van der Waals surface area contributed by atoms with Crippen LogP contribution in [0.3, 0.4) is 0 Å². The van der Waals surface area contributed by atoms with Gasteiger partial charge in [-0.25, -0.2) is 4.68 Å². The molecule has 164 valence electrons. The Labute approximate surface area is 190 Å². The number of piperazine rings is 1. The summed E-state index contributed by atoms with van der Waals surface area (Å²) in [4.78, 5) is 17.8. The van der Waals surface area contributed by atoms with Crippen molar-refractivity contribution in [3.63, 3.8) is 0 Å². The molecule has 5 rings (SSSR count). The lowest BCUT2D eigenvalue weighted by Crippen LogP contribution is -2.47. The van der Waals surface area contributed by atoms with Crippen molar-refractivity contribution in [2.75, 3.05) is 37.6 Å². The average Bonchev–Trinajstić information content (AvgIpc) is 3.21. The van der Waals surface area contributed by atoms with E-state index in [1.807, 2.05) is 48.5 Å². The summed E-state index contributed by atoms with van der Waals surface area (Å²) in [6.07, 6.45) is 0. The molecule has 1 aliphatic heterocycles. The molecule has 0 aliphatic carbocycles. The number of rotatable bonds is 5. The number of aromatic nitrogens is 3. The number of fused-ring (bicyclic) bond motifs is 1. The Morgan fingerprint density at radius 1 is 1.00 bits per heavy atom. The zero-order chi connectivity index (χ0) is 22.1. The fourth-order valence-electron chi connectivity index (χ4n) is 4.20. The second-order valence-corrected chi connectivity index (χ2v) is 8.46. The lowest BCUT2D eigenvalue weighted by atomic mass is 10.1. The third-order valence-electron chi connectivity index (χ3n) is 5.97. The molecule has 0 spiro atoms. The lowest BCUT2D eigenvalue weighted by Gasteiger charge is -2.36. The van der Waals surface area contributed by atoms with Crippen LogP contribution in [0.5, 0.6) is 0 Å². The highest BCUT2D eigenvalue weighted by atomic mass is 35.5. The zero-order valence-electron chi connectivity index (χ0n) is 17.9. The highest BCUT2D eigenvalue weighted by Crippen LogP contribution is 2.26. The maximum absolute atomic E-state index is 13.1. The quantitative estimate of drug-likeness (QED) is 0.461. The van der Waals surface area contributed by atoms with Gasteiger partial charge in [-0.05, 0) is 25.1 Å². The highest BCUT2D eigenvalue weighted by Gasteiger charge is 2.21. The number of hydrogen-bond acceptors (Lipinski definition) is 6. The Bertz CT molecular complexity index is 1290. The van der Waals surface area contributed by atoms with Gasteiger partial charge in [-0.15, -0.1) is 0 Å². The molecule has 0 atom stereocenters. The molecule has 3 heterocycles. The van der Waals surface area contributed by atoms with Gasteiger partial charge in [-0.1, -0.05) is 53.2 Å². The van der Waals surface area contributed by atoms with Crippen molar-refractivity contribution < 1.29 is 4.52 Å². The molecule has 7 nitrogen and oxygen atoms in total. The number of benzene rings is 2. The average molecular weight is 450 g/mol. The number of halogens is 1. The van der Waals surface area contributed by atoms with Crippen molar-refractivity contribution in [3.8, 4) is 11.3 Å². The first-order chi connectivity index (χ1) is 15.6. The van der Waals surface area contributed by atoms with E-state index in [9.17, 15) is 4.79 Å². The van der Waals surface area contributed by atoms with E-state index in [0.717, 1.165) is 49.0 Å². The number of anilines is 1. The molecule has 0 radical (unpaired) electrons. The molecule has 2 aromatic carbocycles. The van der Waals surface area contributed by atoms with Crippen LogP contribution in [0.15, 0.2) is 63.9 Å². The number of hydrogen-bond donors (Lipinski definition) is 0. The van der Waals surface area contributed by atoms with Crippen molar-refractivity contribution in [2.45, 2.75) is 13.5 Å². The second-order valence-electron chi connectivity index (χ2n) is 8.02. The van der Waals surface area contributed by atoms with Gasteiger partial charge < -0.3 is 9.42 Å². The smallest absolute Gasteiger partial charge is 0.279 e. The van der Waals surface area contributed by atoms with Crippen molar-refractivity contribution in [1.29, 1.82) is 0 Å². The van der Waals surface area contributed by atoms with Crippen molar-refractivity contribution in [3.05, 3.63) is 75.7 Å². The van der Waals surface area contributed by atoms with E-state index in [1.165, 1.54) is 0 Å². The Morgan fingerprint density at radius 2 is 1.78 bits per heavy atom. The summed E-state index contributed by atoms with van der Waals surface area (Å²) in [5.74, 6) is 0. The predicted molar refractivity (Wildman–Crippen MR) is 126 cm³/mol. The van der Waals surface area contributed by atoms with E-state index < -0.39 is 0 Å². The fraction of sp³-hybridized carbons (Fsp3) is 0.292. The summed E-state index contributed by atoms with van der Waals surface area (Å²) in [5.41, 5.74) is 3.58. The lowest BCUT2D eigenvalue weighted by molar-refractivity contribution is 0.243. The van der Waals surface area contributed by atoms with Gasteiger partial charge in [0.25, 0.3) is 5.56 Å². The second kappa shape index (κ2) is 8.76. The maximum atomic E-state index is 13.1. The maximum Gasteiger partial charge on any atom is 0.279 e. The van der Waals surface area contributed by atoms with Crippen molar-refractivity contribution in [2.24, 2.45) is 0 Å². The summed E-state index contributed by atoms with van der Waals surface area (Å²) in [6.45, 7) is 6.73. The highest BCUT2D eigenvalue weighted by molar-refractivity contribution is 6.30. The summed E-state index contributed by atoms with van der Waals surface area (Å²) in [5, 5.41) is 9.94. The van der Waals surface area contributed by atoms with Gasteiger partial charge in [-0.2, -0.15) is 5.10 Å². The first-order valence-electron chi connectivity index (χ1n) is 10.8. The first-order valence-corrected chi connectivity index (χ1v) is 11.1. The van der Waals surface area contributed by atoms with Gasteiger partial charge in [0.15, 0.2) is 0 Å². The third kappa shape index (κ3) is 4.01. The SMILES string of the molecule is Cc1noc2c(-c3ccccc3)nn(CCN3CCN(c4cccc(Cl)c4)CC3)c(=O)c12. The van der Waals surface area contributed by atoms with E-state index in [1.54, 1.807) is 11.6 Å². The topological polar surface area (TPSA) is 67.4 Å². The van der Waals surface area contributed by atoms with E-state index in [4.69, 9.17) is 16.1 Å². The molecule has 0 amide bonds. The minimum atomic E-state index is -0.156. The van der Waals surface area contributed by atoms with Crippen LogP contribution in [-0.4, -0.2) is 52.6 Å². The predicted octanol–water partition coefficient (Wildman–Crippen LogP) is 3.84. The summed E-state index contributed by atoms with van der Waals surface area (Å²) < 4.78 is 7.03. The molecular weight excluding hydrogens is 426 g/mol. The molecule has 1 fully saturated rings. The van der Waals surface area contributed by atoms with E-state index in [-0.39, 0.29) is 5.56 Å². The molecule has 8 heteroatoms. The van der Waals surface area contributed by atoms with Crippen LogP contribution in [-0.2, 0) is 6.54 Å². The molecule has 1 saturated heterocycles. The minimum absolute atomic E-state index is 0.156. The van der Waals surface area contributed by atoms with Crippen LogP contribution in [0.1, 0.15) is 5.69 Å². The minimum Gasteiger partial charge on any atom is -0.369 e. The van der Waals surface area contributed by atoms with Crippen molar-refractivity contribution in [1.82, 2.24) is 19.8 Å². The molecule has 0 N–H and O–H groups in total. The largest absolute Gasteiger partial charge is 0.369 e. The van der Waals surface area contributed by atoms with Gasteiger partial charge in [0.1, 0.15) is 11.1 Å². The molecule has 2 aromatic heterocycles. The van der Waals surface area contributed by atoms with Gasteiger partial charge in [0.05, 0.1) is 12.2 Å². The monoisotopic (exact) mass is 449 g/mol. The van der Waals surface area contributed by atoms with Gasteiger partial charge in [-0.3, -0.25) is 9.69 Å². The normalized spacial score (nSPS) is 14.9. The van der Waals surface area contributed by atoms with Gasteiger partial charge in [0.2, 0.25) is 5.58 Å². The Balaban J connectivity index is 1.33. The molecule has 0 bridgehead atoms. The summed E-state index contributed by atoms with van der Waals surface area (Å²) in [7, 11) is 0. The van der Waals surface area contributed by atoms with Crippen LogP contribution in [0.2, 0.25) is 5.02 Å². The number of nitrogens with zero attached hydrogens (tertiary/aromatic N) is 5. The standard InChI is InChI=1S/C24H24ClN5O2/c1-17-21-23(32-27-17)22(18-6-3-2-4-7-18)26-30(24(21)31)15-12-28-10-13-29(14-11-28)20-9-5-8-19(25)16-20/h2-9,16H,10-15H2,1H3. The van der Waals surface area contributed by atoms with Crippen LogP contribution < -0.4 is 10.5 Å². The van der Waals surface area contributed by atoms with Crippen LogP contribution in [0.25, 0.3) is 22.2 Å². The van der Waals surface area contributed by atoms with E-state index in [0.29, 0.717) is 28.9 Å². The van der Waals surface area contributed by atoms with Crippen LogP contribution >= 0.6 is 11.6 Å². The molecular formula is C24H24ClN5O2. The zero-order valence-corrected chi connectivity index (χ0v) is 18.6. The molecule has 4 aromatic rings. The molecule has 1 aliphatic rings. The fourth-order valence-corrected chi connectivity index (χ4v) is 4.38. The number of aryl methyl sites for hydroxylation is 1. The van der Waals surface area contributed by atoms with Crippen LogP contribution in [0, 0.1) is 6.92 Å². The molecule has 0 saturated carbocycles. The van der Waals surface area contributed by atoms with E-state index in [2.05, 4.69) is 26.1 Å². The Morgan fingerprint density at radius 3 is 2.53 bits per heavy atom. The first kappa shape index (κ1) is 20.7. The summed E-state index contributed by atoms with van der Waals surface area (Å²) >= 11 is 6.14. The van der Waals surface area contributed by atoms with Crippen molar-refractivity contribution >= 4 is 28.3 Å². The molecule has 32 heavy (non-hydrogen) atoms. The summed E-state index contributed by atoms with van der Waals surface area (Å²) in [6, 6.07) is 17.7. The van der Waals surface area contributed by atoms with Gasteiger partial charge >= 0.3 is 0 Å². The van der Waals surface area contributed by atoms with Gasteiger partial charge in [0, 0.05) is 49.0 Å². The van der Waals surface area contributed by atoms with E-state index >= 15 is 0 Å². The Kier molecular flexibility index (Phi) is 5.68. The third-order valence-corrected chi connectivity index (χ3v) is 6.20. The van der Waals surface area contributed by atoms with Crippen LogP contribution in [0.4, 0.5) is 5.69 Å². The Hall–Kier alpha value is -3.16. The molecule has 0 unspecified atom stereocenters.